The van der Waals surface area contributed by atoms with Gasteiger partial charge in [0.15, 0.2) is 0 Å². The number of rotatable bonds is 5. The number of nitrogens with zero attached hydrogens (tertiary/aromatic N) is 1. The number of hydrogen-bond donors (Lipinski definition) is 1. The Labute approximate surface area is 147 Å². The van der Waals surface area contributed by atoms with Crippen molar-refractivity contribution in [3.05, 3.63) is 23.8 Å². The quantitative estimate of drug-likeness (QED) is 0.843. The molecule has 0 radical (unpaired) electrons. The van der Waals surface area contributed by atoms with Crippen molar-refractivity contribution >= 4 is 16.0 Å². The number of aliphatic carboxylic acids is 1. The number of methoxy groups -OCH3 is 1. The predicted molar refractivity (Wildman–Crippen MR) is 90.1 cm³/mol. The average molecular weight is 369 g/mol. The van der Waals surface area contributed by atoms with E-state index >= 15 is 0 Å². The smallest absolute Gasteiger partial charge is 0.311 e. The van der Waals surface area contributed by atoms with Gasteiger partial charge in [-0.25, -0.2) is 8.42 Å². The highest BCUT2D eigenvalue weighted by Crippen LogP contribution is 2.44. The normalized spacial score (nSPS) is 27.0. The molecule has 25 heavy (non-hydrogen) atoms. The summed E-state index contributed by atoms with van der Waals surface area (Å²) in [6.07, 6.45) is 0.976. The van der Waals surface area contributed by atoms with E-state index in [1.54, 1.807) is 19.2 Å². The minimum absolute atomic E-state index is 0.00776. The lowest BCUT2D eigenvalue weighted by Crippen LogP contribution is -2.45. The summed E-state index contributed by atoms with van der Waals surface area (Å²) in [5, 5.41) is 9.71. The van der Waals surface area contributed by atoms with Crippen molar-refractivity contribution in [1.82, 2.24) is 4.31 Å². The van der Waals surface area contributed by atoms with E-state index in [2.05, 4.69) is 0 Å². The van der Waals surface area contributed by atoms with E-state index in [4.69, 9.17) is 9.47 Å². The van der Waals surface area contributed by atoms with Gasteiger partial charge in [-0.2, -0.15) is 4.31 Å². The molecule has 2 fully saturated rings. The molecular formula is C17H23NO6S. The molecule has 1 N–H and O–H groups in total. The fourth-order valence-corrected chi connectivity index (χ4v) is 5.38. The van der Waals surface area contributed by atoms with Crippen molar-refractivity contribution in [2.24, 2.45) is 11.3 Å². The van der Waals surface area contributed by atoms with Crippen molar-refractivity contribution in [2.45, 2.75) is 24.7 Å². The van der Waals surface area contributed by atoms with Crippen LogP contribution in [0.5, 0.6) is 5.75 Å². The predicted octanol–water partition coefficient (Wildman–Crippen LogP) is 1.37. The first-order valence-corrected chi connectivity index (χ1v) is 9.77. The van der Waals surface area contributed by atoms with E-state index in [1.807, 2.05) is 6.92 Å². The first-order valence-electron chi connectivity index (χ1n) is 8.33. The van der Waals surface area contributed by atoms with Crippen LogP contribution in [-0.4, -0.2) is 57.2 Å². The molecule has 8 heteroatoms. The highest BCUT2D eigenvalue weighted by molar-refractivity contribution is 7.89. The Hall–Kier alpha value is -1.64. The Morgan fingerprint density at radius 1 is 1.48 bits per heavy atom. The van der Waals surface area contributed by atoms with Gasteiger partial charge in [-0.15, -0.1) is 0 Å². The van der Waals surface area contributed by atoms with E-state index in [0.29, 0.717) is 25.2 Å². The SMILES string of the molecule is CCc1cc(S(=O)(=O)N2C[C@@H]3COCC[C@]3(C(=O)O)C2)ccc1OC. The molecule has 1 aromatic rings. The molecule has 138 valence electrons. The van der Waals surface area contributed by atoms with Crippen LogP contribution in [0.4, 0.5) is 0 Å². The molecule has 2 atom stereocenters. The lowest BCUT2D eigenvalue weighted by molar-refractivity contribution is -0.157. The van der Waals surface area contributed by atoms with Crippen molar-refractivity contribution in [2.75, 3.05) is 33.4 Å². The van der Waals surface area contributed by atoms with Gasteiger partial charge in [0.25, 0.3) is 0 Å². The first kappa shape index (κ1) is 18.2. The van der Waals surface area contributed by atoms with Gasteiger partial charge in [0.2, 0.25) is 10.0 Å². The van der Waals surface area contributed by atoms with E-state index < -0.39 is 21.4 Å². The van der Waals surface area contributed by atoms with Gasteiger partial charge in [-0.1, -0.05) is 6.92 Å². The second-order valence-corrected chi connectivity index (χ2v) is 8.55. The molecular weight excluding hydrogens is 346 g/mol. The van der Waals surface area contributed by atoms with E-state index in [1.165, 1.54) is 10.4 Å². The van der Waals surface area contributed by atoms with Crippen LogP contribution in [0.1, 0.15) is 18.9 Å². The van der Waals surface area contributed by atoms with Gasteiger partial charge < -0.3 is 14.6 Å². The van der Waals surface area contributed by atoms with Crippen LogP contribution in [0.3, 0.4) is 0 Å². The Morgan fingerprint density at radius 2 is 2.24 bits per heavy atom. The lowest BCUT2D eigenvalue weighted by Gasteiger charge is -2.34. The number of sulfonamides is 1. The zero-order chi connectivity index (χ0) is 18.2. The molecule has 0 unspecified atom stereocenters. The average Bonchev–Trinajstić information content (AvgIpc) is 3.03. The van der Waals surface area contributed by atoms with Crippen LogP contribution in [0.15, 0.2) is 23.1 Å². The minimum atomic E-state index is -3.77. The van der Waals surface area contributed by atoms with Gasteiger partial charge in [0.1, 0.15) is 5.75 Å². The molecule has 2 heterocycles. The maximum absolute atomic E-state index is 13.1. The Balaban J connectivity index is 1.95. The molecule has 0 aromatic heterocycles. The molecule has 0 amide bonds. The molecule has 2 aliphatic heterocycles. The number of aryl methyl sites for hydroxylation is 1. The van der Waals surface area contributed by atoms with Crippen molar-refractivity contribution in [1.29, 1.82) is 0 Å². The maximum Gasteiger partial charge on any atom is 0.311 e. The molecule has 1 aromatic carbocycles. The molecule has 0 bridgehead atoms. The number of ether oxygens (including phenoxy) is 2. The number of carbonyl (C=O) groups is 1. The molecule has 0 saturated carbocycles. The summed E-state index contributed by atoms with van der Waals surface area (Å²) in [7, 11) is -2.22. The maximum atomic E-state index is 13.1. The molecule has 2 saturated heterocycles. The minimum Gasteiger partial charge on any atom is -0.496 e. The van der Waals surface area contributed by atoms with Gasteiger partial charge >= 0.3 is 5.97 Å². The second kappa shape index (κ2) is 6.59. The monoisotopic (exact) mass is 369 g/mol. The third kappa shape index (κ3) is 2.92. The lowest BCUT2D eigenvalue weighted by atomic mass is 9.74. The number of benzene rings is 1. The van der Waals surface area contributed by atoms with Gasteiger partial charge in [-0.3, -0.25) is 4.79 Å². The fourth-order valence-electron chi connectivity index (χ4n) is 3.78. The zero-order valence-corrected chi connectivity index (χ0v) is 15.2. The molecule has 0 spiro atoms. The van der Waals surface area contributed by atoms with Crippen LogP contribution >= 0.6 is 0 Å². The Morgan fingerprint density at radius 3 is 2.84 bits per heavy atom. The molecule has 3 rings (SSSR count). The Bertz CT molecular complexity index is 777. The van der Waals surface area contributed by atoms with E-state index in [9.17, 15) is 18.3 Å². The largest absolute Gasteiger partial charge is 0.496 e. The van der Waals surface area contributed by atoms with Crippen molar-refractivity contribution in [3.8, 4) is 5.75 Å². The van der Waals surface area contributed by atoms with E-state index in [0.717, 1.165) is 5.56 Å². The van der Waals surface area contributed by atoms with Crippen LogP contribution in [0.25, 0.3) is 0 Å². The van der Waals surface area contributed by atoms with E-state index in [-0.39, 0.29) is 30.5 Å². The highest BCUT2D eigenvalue weighted by atomic mass is 32.2. The van der Waals surface area contributed by atoms with Crippen molar-refractivity contribution in [3.63, 3.8) is 0 Å². The summed E-state index contributed by atoms with van der Waals surface area (Å²) in [6, 6.07) is 4.77. The molecule has 2 aliphatic rings. The number of carboxylic acids is 1. The Kier molecular flexibility index (Phi) is 4.78. The topological polar surface area (TPSA) is 93.1 Å². The van der Waals surface area contributed by atoms with Gasteiger partial charge in [0.05, 0.1) is 24.0 Å². The van der Waals surface area contributed by atoms with Crippen LogP contribution in [0, 0.1) is 11.3 Å². The number of carboxylic acid groups (broad SMARTS) is 1. The second-order valence-electron chi connectivity index (χ2n) is 6.61. The summed E-state index contributed by atoms with van der Waals surface area (Å²) in [4.78, 5) is 12.0. The fraction of sp³-hybridized carbons (Fsp3) is 0.588. The summed E-state index contributed by atoms with van der Waals surface area (Å²) < 4.78 is 38.1. The summed E-state index contributed by atoms with van der Waals surface area (Å²) in [5.74, 6) is -0.619. The number of hydrogen-bond acceptors (Lipinski definition) is 5. The first-order chi connectivity index (χ1) is 11.8. The third-order valence-electron chi connectivity index (χ3n) is 5.37. The van der Waals surface area contributed by atoms with Crippen LogP contribution < -0.4 is 4.74 Å². The van der Waals surface area contributed by atoms with Gasteiger partial charge in [0, 0.05) is 25.6 Å². The number of fused-ring (bicyclic) bond motifs is 1. The summed E-state index contributed by atoms with van der Waals surface area (Å²) in [5.41, 5.74) is -0.248. The third-order valence-corrected chi connectivity index (χ3v) is 7.18. The molecule has 0 aliphatic carbocycles. The summed E-state index contributed by atoms with van der Waals surface area (Å²) >= 11 is 0. The zero-order valence-electron chi connectivity index (χ0n) is 14.4. The van der Waals surface area contributed by atoms with Gasteiger partial charge in [-0.05, 0) is 36.6 Å². The summed E-state index contributed by atoms with van der Waals surface area (Å²) in [6.45, 7) is 2.71. The van der Waals surface area contributed by atoms with Crippen molar-refractivity contribution < 1.29 is 27.8 Å². The standard InChI is InChI=1S/C17H23NO6S/c1-3-12-8-14(4-5-15(12)23-2)25(21,22)18-9-13-10-24-7-6-17(13,11-18)16(19)20/h4-5,8,13H,3,6-7,9-11H2,1-2H3,(H,19,20)/t13-,17+/m1/s1. The van der Waals surface area contributed by atoms with Crippen LogP contribution in [0.2, 0.25) is 0 Å². The van der Waals surface area contributed by atoms with Crippen LogP contribution in [-0.2, 0) is 26.0 Å². The molecule has 7 nitrogen and oxygen atoms in total. The highest BCUT2D eigenvalue weighted by Gasteiger charge is 2.56.